The van der Waals surface area contributed by atoms with Gasteiger partial charge in [0.25, 0.3) is 0 Å². The standard InChI is InChI=1S/C16H22F3N/c1-12(2)15(9-5-11-20-15)10-8-13-6-3-4-7-14(13)16(17,18)19/h3-4,6-7,12,20H,5,8-11H2,1-2H3. The van der Waals surface area contributed by atoms with E-state index in [0.29, 0.717) is 17.9 Å². The molecule has 112 valence electrons. The van der Waals surface area contributed by atoms with Crippen LogP contribution in [0.1, 0.15) is 44.2 Å². The second-order valence-corrected chi connectivity index (χ2v) is 6.00. The number of hydrogen-bond acceptors (Lipinski definition) is 1. The Labute approximate surface area is 118 Å². The molecule has 1 aromatic rings. The highest BCUT2D eigenvalue weighted by atomic mass is 19.4. The average molecular weight is 285 g/mol. The van der Waals surface area contributed by atoms with Crippen molar-refractivity contribution in [1.29, 1.82) is 0 Å². The normalized spacial score (nSPS) is 23.5. The molecule has 20 heavy (non-hydrogen) atoms. The van der Waals surface area contributed by atoms with Crippen LogP contribution in [0.2, 0.25) is 0 Å². The Kier molecular flexibility index (Phi) is 4.43. The fourth-order valence-corrected chi connectivity index (χ4v) is 3.20. The third-order valence-electron chi connectivity index (χ3n) is 4.55. The molecule has 1 saturated heterocycles. The van der Waals surface area contributed by atoms with E-state index in [0.717, 1.165) is 25.8 Å². The summed E-state index contributed by atoms with van der Waals surface area (Å²) in [6.07, 6.45) is -0.860. The minimum atomic E-state index is -4.26. The number of benzene rings is 1. The van der Waals surface area contributed by atoms with E-state index in [2.05, 4.69) is 19.2 Å². The first-order chi connectivity index (χ1) is 9.35. The predicted octanol–water partition coefficient (Wildman–Crippen LogP) is 4.42. The van der Waals surface area contributed by atoms with Gasteiger partial charge in [0.05, 0.1) is 5.56 Å². The van der Waals surface area contributed by atoms with Crippen LogP contribution in [0.25, 0.3) is 0 Å². The first-order valence-corrected chi connectivity index (χ1v) is 7.25. The lowest BCUT2D eigenvalue weighted by molar-refractivity contribution is -0.138. The van der Waals surface area contributed by atoms with E-state index in [1.165, 1.54) is 12.1 Å². The Hall–Kier alpha value is -1.03. The van der Waals surface area contributed by atoms with Gasteiger partial charge in [-0.25, -0.2) is 0 Å². The van der Waals surface area contributed by atoms with E-state index in [1.54, 1.807) is 12.1 Å². The molecule has 0 aromatic heterocycles. The highest BCUT2D eigenvalue weighted by Gasteiger charge is 2.37. The molecule has 1 atom stereocenters. The van der Waals surface area contributed by atoms with Crippen molar-refractivity contribution in [3.05, 3.63) is 35.4 Å². The van der Waals surface area contributed by atoms with Crippen LogP contribution < -0.4 is 5.32 Å². The molecule has 1 nitrogen and oxygen atoms in total. The van der Waals surface area contributed by atoms with E-state index in [-0.39, 0.29) is 5.54 Å². The van der Waals surface area contributed by atoms with Crippen LogP contribution in [0.4, 0.5) is 13.2 Å². The molecule has 2 rings (SSSR count). The van der Waals surface area contributed by atoms with E-state index < -0.39 is 11.7 Å². The van der Waals surface area contributed by atoms with Gasteiger partial charge in [-0.2, -0.15) is 13.2 Å². The van der Waals surface area contributed by atoms with E-state index in [1.807, 2.05) is 0 Å². The average Bonchev–Trinajstić information content (AvgIpc) is 2.86. The second kappa shape index (κ2) is 5.76. The summed E-state index contributed by atoms with van der Waals surface area (Å²) in [6.45, 7) is 5.26. The minimum Gasteiger partial charge on any atom is -0.311 e. The van der Waals surface area contributed by atoms with E-state index in [4.69, 9.17) is 0 Å². The van der Waals surface area contributed by atoms with Crippen molar-refractivity contribution >= 4 is 0 Å². The Bertz CT molecular complexity index is 445. The first kappa shape index (κ1) is 15.4. The predicted molar refractivity (Wildman–Crippen MR) is 74.6 cm³/mol. The van der Waals surface area contributed by atoms with Crippen molar-refractivity contribution in [2.24, 2.45) is 5.92 Å². The maximum absolute atomic E-state index is 13.0. The first-order valence-electron chi connectivity index (χ1n) is 7.25. The molecular weight excluding hydrogens is 263 g/mol. The summed E-state index contributed by atoms with van der Waals surface area (Å²) in [4.78, 5) is 0. The molecule has 0 saturated carbocycles. The number of alkyl halides is 3. The van der Waals surface area contributed by atoms with E-state index >= 15 is 0 Å². The zero-order valence-electron chi connectivity index (χ0n) is 12.1. The largest absolute Gasteiger partial charge is 0.416 e. The summed E-state index contributed by atoms with van der Waals surface area (Å²) >= 11 is 0. The Morgan fingerprint density at radius 2 is 1.95 bits per heavy atom. The topological polar surface area (TPSA) is 12.0 Å². The quantitative estimate of drug-likeness (QED) is 0.863. The van der Waals surface area contributed by atoms with Gasteiger partial charge in [0.1, 0.15) is 0 Å². The van der Waals surface area contributed by atoms with Crippen LogP contribution in [-0.2, 0) is 12.6 Å². The Balaban J connectivity index is 2.15. The number of rotatable bonds is 4. The third-order valence-corrected chi connectivity index (χ3v) is 4.55. The number of hydrogen-bond donors (Lipinski definition) is 1. The summed E-state index contributed by atoms with van der Waals surface area (Å²) in [5.41, 5.74) is -0.0794. The molecule has 0 bridgehead atoms. The molecule has 1 aromatic carbocycles. The number of nitrogens with one attached hydrogen (secondary N) is 1. The van der Waals surface area contributed by atoms with E-state index in [9.17, 15) is 13.2 Å². The molecule has 0 amide bonds. The van der Waals surface area contributed by atoms with Gasteiger partial charge in [-0.15, -0.1) is 0 Å². The van der Waals surface area contributed by atoms with Crippen molar-refractivity contribution in [2.45, 2.75) is 51.2 Å². The molecule has 1 aliphatic rings. The van der Waals surface area contributed by atoms with Gasteiger partial charge >= 0.3 is 6.18 Å². The lowest BCUT2D eigenvalue weighted by Crippen LogP contribution is -2.45. The monoisotopic (exact) mass is 285 g/mol. The maximum Gasteiger partial charge on any atom is 0.416 e. The molecule has 1 N–H and O–H groups in total. The molecule has 1 heterocycles. The molecule has 4 heteroatoms. The lowest BCUT2D eigenvalue weighted by atomic mass is 9.80. The van der Waals surface area contributed by atoms with Crippen molar-refractivity contribution in [3.8, 4) is 0 Å². The smallest absolute Gasteiger partial charge is 0.311 e. The molecule has 1 fully saturated rings. The molecule has 0 spiro atoms. The summed E-state index contributed by atoms with van der Waals surface area (Å²) in [6, 6.07) is 5.93. The second-order valence-electron chi connectivity index (χ2n) is 6.00. The maximum atomic E-state index is 13.0. The Morgan fingerprint density at radius 1 is 1.25 bits per heavy atom. The molecule has 1 aliphatic heterocycles. The van der Waals surface area contributed by atoms with Crippen molar-refractivity contribution < 1.29 is 13.2 Å². The van der Waals surface area contributed by atoms with Crippen molar-refractivity contribution in [3.63, 3.8) is 0 Å². The van der Waals surface area contributed by atoms with Crippen LogP contribution in [0.3, 0.4) is 0 Å². The van der Waals surface area contributed by atoms with Crippen LogP contribution >= 0.6 is 0 Å². The van der Waals surface area contributed by atoms with Gasteiger partial charge in [0, 0.05) is 5.54 Å². The summed E-state index contributed by atoms with van der Waals surface area (Å²) in [5.74, 6) is 0.433. The summed E-state index contributed by atoms with van der Waals surface area (Å²) in [5, 5.41) is 3.52. The highest BCUT2D eigenvalue weighted by molar-refractivity contribution is 5.30. The SMILES string of the molecule is CC(C)C1(CCc2ccccc2C(F)(F)F)CCCN1. The number of halogens is 3. The van der Waals surface area contributed by atoms with Gasteiger partial charge in [-0.3, -0.25) is 0 Å². The van der Waals surface area contributed by atoms with Gasteiger partial charge in [-0.05, 0) is 49.8 Å². The van der Waals surface area contributed by atoms with Crippen LogP contribution in [-0.4, -0.2) is 12.1 Å². The fraction of sp³-hybridized carbons (Fsp3) is 0.625. The van der Waals surface area contributed by atoms with Gasteiger partial charge < -0.3 is 5.32 Å². The van der Waals surface area contributed by atoms with Gasteiger partial charge in [0.15, 0.2) is 0 Å². The molecule has 1 unspecified atom stereocenters. The van der Waals surface area contributed by atoms with Crippen LogP contribution in [0, 0.1) is 5.92 Å². The zero-order valence-corrected chi connectivity index (χ0v) is 12.1. The van der Waals surface area contributed by atoms with Crippen molar-refractivity contribution in [1.82, 2.24) is 5.32 Å². The fourth-order valence-electron chi connectivity index (χ4n) is 3.20. The Morgan fingerprint density at radius 3 is 2.50 bits per heavy atom. The molecule has 0 aliphatic carbocycles. The van der Waals surface area contributed by atoms with Gasteiger partial charge in [-0.1, -0.05) is 32.0 Å². The summed E-state index contributed by atoms with van der Waals surface area (Å²) < 4.78 is 39.0. The zero-order chi connectivity index (χ0) is 14.8. The number of aryl methyl sites for hydroxylation is 1. The van der Waals surface area contributed by atoms with Crippen molar-refractivity contribution in [2.75, 3.05) is 6.54 Å². The molecular formula is C16H22F3N. The third kappa shape index (κ3) is 3.17. The highest BCUT2D eigenvalue weighted by Crippen LogP contribution is 2.36. The summed E-state index contributed by atoms with van der Waals surface area (Å²) in [7, 11) is 0. The molecule has 0 radical (unpaired) electrons. The van der Waals surface area contributed by atoms with Crippen LogP contribution in [0.15, 0.2) is 24.3 Å². The minimum absolute atomic E-state index is 0.00128. The lowest BCUT2D eigenvalue weighted by Gasteiger charge is -2.34. The van der Waals surface area contributed by atoms with Crippen LogP contribution in [0.5, 0.6) is 0 Å². The van der Waals surface area contributed by atoms with Gasteiger partial charge in [0.2, 0.25) is 0 Å².